The zero-order valence-electron chi connectivity index (χ0n) is 14.6. The molecule has 3 heterocycles. The standard InChI is InChI=1S/C22H17NO4/c24-21-17-8-9-20-18(12-23(14-27-20)11-16-7-4-10-25-16)22(17)26-13-19(21)15-5-2-1-3-6-15/h1-10,13H,11-12,14H2. The Bertz CT molecular complexity index is 1150. The second-order valence-electron chi connectivity index (χ2n) is 6.60. The smallest absolute Gasteiger partial charge is 0.200 e. The molecule has 0 atom stereocenters. The van der Waals surface area contributed by atoms with E-state index in [0.29, 0.717) is 36.4 Å². The van der Waals surface area contributed by atoms with Crippen molar-refractivity contribution in [2.24, 2.45) is 0 Å². The molecule has 0 unspecified atom stereocenters. The van der Waals surface area contributed by atoms with E-state index in [9.17, 15) is 4.79 Å². The van der Waals surface area contributed by atoms with Crippen LogP contribution in [0.4, 0.5) is 0 Å². The monoisotopic (exact) mass is 359 g/mol. The molecular weight excluding hydrogens is 342 g/mol. The van der Waals surface area contributed by atoms with Crippen molar-refractivity contribution in [3.63, 3.8) is 0 Å². The average Bonchev–Trinajstić information content (AvgIpc) is 3.22. The van der Waals surface area contributed by atoms with Crippen molar-refractivity contribution in [1.82, 2.24) is 4.90 Å². The van der Waals surface area contributed by atoms with Crippen molar-refractivity contribution >= 4 is 11.0 Å². The van der Waals surface area contributed by atoms with Gasteiger partial charge in [0.15, 0.2) is 0 Å². The van der Waals surface area contributed by atoms with E-state index < -0.39 is 0 Å². The van der Waals surface area contributed by atoms with Gasteiger partial charge >= 0.3 is 0 Å². The Hall–Kier alpha value is -3.31. The first-order valence-electron chi connectivity index (χ1n) is 8.80. The molecule has 1 aliphatic heterocycles. The van der Waals surface area contributed by atoms with E-state index in [4.69, 9.17) is 13.6 Å². The van der Waals surface area contributed by atoms with Gasteiger partial charge in [-0.2, -0.15) is 0 Å². The van der Waals surface area contributed by atoms with Crippen LogP contribution in [0.25, 0.3) is 22.1 Å². The third-order valence-corrected chi connectivity index (χ3v) is 4.83. The van der Waals surface area contributed by atoms with E-state index in [0.717, 1.165) is 22.6 Å². The average molecular weight is 359 g/mol. The summed E-state index contributed by atoms with van der Waals surface area (Å²) < 4.78 is 17.2. The fraction of sp³-hybridized carbons (Fsp3) is 0.136. The van der Waals surface area contributed by atoms with Gasteiger partial charge in [0.2, 0.25) is 5.43 Å². The van der Waals surface area contributed by atoms with Gasteiger partial charge in [-0.3, -0.25) is 9.69 Å². The van der Waals surface area contributed by atoms with Crippen LogP contribution in [0, 0.1) is 0 Å². The van der Waals surface area contributed by atoms with Crippen LogP contribution in [-0.2, 0) is 13.1 Å². The first-order valence-corrected chi connectivity index (χ1v) is 8.80. The van der Waals surface area contributed by atoms with Crippen LogP contribution in [0.2, 0.25) is 0 Å². The molecule has 0 spiro atoms. The molecule has 0 saturated carbocycles. The van der Waals surface area contributed by atoms with Gasteiger partial charge in [-0.05, 0) is 29.8 Å². The van der Waals surface area contributed by atoms with Crippen LogP contribution in [0.15, 0.2) is 80.8 Å². The summed E-state index contributed by atoms with van der Waals surface area (Å²) in [5.41, 5.74) is 2.85. The van der Waals surface area contributed by atoms with Crippen LogP contribution in [-0.4, -0.2) is 11.6 Å². The summed E-state index contributed by atoms with van der Waals surface area (Å²) in [4.78, 5) is 15.1. The SMILES string of the molecule is O=c1c(-c2ccccc2)coc2c3c(ccc12)OCN(Cc1ccco1)C3. The summed E-state index contributed by atoms with van der Waals surface area (Å²) in [6.45, 7) is 1.72. The first kappa shape index (κ1) is 15.9. The van der Waals surface area contributed by atoms with Crippen molar-refractivity contribution in [2.45, 2.75) is 13.1 Å². The maximum Gasteiger partial charge on any atom is 0.200 e. The highest BCUT2D eigenvalue weighted by atomic mass is 16.5. The summed E-state index contributed by atoms with van der Waals surface area (Å²) in [6, 6.07) is 17.0. The van der Waals surface area contributed by atoms with Crippen molar-refractivity contribution in [3.05, 3.63) is 88.7 Å². The summed E-state index contributed by atoms with van der Waals surface area (Å²) in [5.74, 6) is 1.63. The number of furan rings is 1. The van der Waals surface area contributed by atoms with Crippen LogP contribution < -0.4 is 10.2 Å². The minimum atomic E-state index is -0.0339. The van der Waals surface area contributed by atoms with Crippen molar-refractivity contribution in [2.75, 3.05) is 6.73 Å². The number of ether oxygens (including phenoxy) is 1. The zero-order chi connectivity index (χ0) is 18.2. The van der Waals surface area contributed by atoms with Crippen LogP contribution in [0.1, 0.15) is 11.3 Å². The second kappa shape index (κ2) is 6.45. The third-order valence-electron chi connectivity index (χ3n) is 4.83. The number of nitrogens with zero attached hydrogens (tertiary/aromatic N) is 1. The highest BCUT2D eigenvalue weighted by molar-refractivity contribution is 5.85. The fourth-order valence-electron chi connectivity index (χ4n) is 3.50. The highest BCUT2D eigenvalue weighted by Gasteiger charge is 2.23. The van der Waals surface area contributed by atoms with Gasteiger partial charge < -0.3 is 13.6 Å². The van der Waals surface area contributed by atoms with Crippen molar-refractivity contribution in [3.8, 4) is 16.9 Å². The number of fused-ring (bicyclic) bond motifs is 3. The minimum Gasteiger partial charge on any atom is -0.478 e. The maximum absolute atomic E-state index is 13.0. The molecule has 134 valence electrons. The zero-order valence-corrected chi connectivity index (χ0v) is 14.6. The van der Waals surface area contributed by atoms with E-state index >= 15 is 0 Å². The Balaban J connectivity index is 1.56. The molecule has 0 amide bonds. The van der Waals surface area contributed by atoms with Gasteiger partial charge in [-0.1, -0.05) is 30.3 Å². The Morgan fingerprint density at radius 1 is 0.963 bits per heavy atom. The Labute approximate surface area is 155 Å². The predicted molar refractivity (Wildman–Crippen MR) is 101 cm³/mol. The molecule has 0 N–H and O–H groups in total. The molecule has 5 rings (SSSR count). The van der Waals surface area contributed by atoms with Gasteiger partial charge in [0, 0.05) is 6.54 Å². The number of hydrogen-bond donors (Lipinski definition) is 0. The molecule has 0 aliphatic carbocycles. The lowest BCUT2D eigenvalue weighted by molar-refractivity contribution is 0.0826. The van der Waals surface area contributed by atoms with Crippen LogP contribution >= 0.6 is 0 Å². The van der Waals surface area contributed by atoms with E-state index in [2.05, 4.69) is 4.90 Å². The van der Waals surface area contributed by atoms with E-state index in [1.165, 1.54) is 0 Å². The summed E-state index contributed by atoms with van der Waals surface area (Å²) in [6.07, 6.45) is 3.21. The molecule has 4 aromatic rings. The van der Waals surface area contributed by atoms with Crippen LogP contribution in [0.5, 0.6) is 5.75 Å². The largest absolute Gasteiger partial charge is 0.478 e. The van der Waals surface area contributed by atoms with Gasteiger partial charge in [-0.25, -0.2) is 0 Å². The maximum atomic E-state index is 13.0. The van der Waals surface area contributed by atoms with Crippen molar-refractivity contribution in [1.29, 1.82) is 0 Å². The number of hydrogen-bond acceptors (Lipinski definition) is 5. The molecule has 1 aliphatic rings. The molecular formula is C22H17NO4. The molecule has 0 radical (unpaired) electrons. The molecule has 0 saturated heterocycles. The molecule has 2 aromatic heterocycles. The third kappa shape index (κ3) is 2.82. The molecule has 27 heavy (non-hydrogen) atoms. The Morgan fingerprint density at radius 3 is 2.67 bits per heavy atom. The van der Waals surface area contributed by atoms with Gasteiger partial charge in [-0.15, -0.1) is 0 Å². The molecule has 0 bridgehead atoms. The normalized spacial score (nSPS) is 14.1. The van der Waals surface area contributed by atoms with Gasteiger partial charge in [0.25, 0.3) is 0 Å². The van der Waals surface area contributed by atoms with Gasteiger partial charge in [0.1, 0.15) is 30.1 Å². The van der Waals surface area contributed by atoms with E-state index in [1.54, 1.807) is 18.6 Å². The number of rotatable bonds is 3. The fourth-order valence-corrected chi connectivity index (χ4v) is 3.50. The second-order valence-corrected chi connectivity index (χ2v) is 6.60. The Kier molecular flexibility index (Phi) is 3.80. The highest BCUT2D eigenvalue weighted by Crippen LogP contribution is 2.32. The molecule has 0 fully saturated rings. The number of benzene rings is 2. The van der Waals surface area contributed by atoms with Gasteiger partial charge in [0.05, 0.1) is 29.3 Å². The van der Waals surface area contributed by atoms with Crippen LogP contribution in [0.3, 0.4) is 0 Å². The topological polar surface area (TPSA) is 55.8 Å². The predicted octanol–water partition coefficient (Wildman–Crippen LogP) is 4.41. The quantitative estimate of drug-likeness (QED) is 0.542. The Morgan fingerprint density at radius 2 is 1.85 bits per heavy atom. The summed E-state index contributed by atoms with van der Waals surface area (Å²) in [5, 5.41) is 0.568. The summed E-state index contributed by atoms with van der Waals surface area (Å²) in [7, 11) is 0. The molecule has 5 nitrogen and oxygen atoms in total. The minimum absolute atomic E-state index is 0.0339. The van der Waals surface area contributed by atoms with Crippen molar-refractivity contribution < 1.29 is 13.6 Å². The lowest BCUT2D eigenvalue weighted by Crippen LogP contribution is -2.31. The molecule has 2 aromatic carbocycles. The lowest BCUT2D eigenvalue weighted by Gasteiger charge is -2.28. The summed E-state index contributed by atoms with van der Waals surface area (Å²) >= 11 is 0. The van der Waals surface area contributed by atoms with E-state index in [-0.39, 0.29) is 5.43 Å². The first-order chi connectivity index (χ1) is 13.3. The van der Waals surface area contributed by atoms with E-state index in [1.807, 2.05) is 48.5 Å². The lowest BCUT2D eigenvalue weighted by atomic mass is 10.0. The molecule has 5 heteroatoms.